The maximum absolute atomic E-state index is 5.81. The Kier molecular flexibility index (Phi) is 6.01. The Morgan fingerprint density at radius 2 is 2.00 bits per heavy atom. The smallest absolute Gasteiger partial charge is 0.134 e. The van der Waals surface area contributed by atoms with E-state index in [1.165, 1.54) is 5.56 Å². The van der Waals surface area contributed by atoms with Crippen molar-refractivity contribution in [2.24, 2.45) is 0 Å². The third kappa shape index (κ3) is 4.58. The fourth-order valence-corrected chi connectivity index (χ4v) is 2.69. The Morgan fingerprint density at radius 1 is 1.15 bits per heavy atom. The number of halogens is 2. The van der Waals surface area contributed by atoms with E-state index in [4.69, 9.17) is 4.74 Å². The van der Waals surface area contributed by atoms with Gasteiger partial charge in [0.25, 0.3) is 0 Å². The molecule has 1 N–H and O–H groups in total. The minimum absolute atomic E-state index is 0.498. The van der Waals surface area contributed by atoms with Crippen LogP contribution >= 0.6 is 31.9 Å². The molecule has 0 aliphatic rings. The second-order valence-corrected chi connectivity index (χ2v) is 6.12. The molecule has 1 heterocycles. The average molecular weight is 400 g/mol. The van der Waals surface area contributed by atoms with Crippen LogP contribution < -0.4 is 10.1 Å². The highest BCUT2D eigenvalue weighted by molar-refractivity contribution is 9.10. The van der Waals surface area contributed by atoms with Gasteiger partial charge < -0.3 is 10.1 Å². The first-order valence-electron chi connectivity index (χ1n) is 6.40. The van der Waals surface area contributed by atoms with Gasteiger partial charge in [0.1, 0.15) is 12.4 Å². The van der Waals surface area contributed by atoms with E-state index in [9.17, 15) is 0 Å². The number of pyridine rings is 1. The number of ether oxygens (including phenoxy) is 1. The van der Waals surface area contributed by atoms with Gasteiger partial charge in [0.15, 0.2) is 0 Å². The van der Waals surface area contributed by atoms with Gasteiger partial charge in [0.05, 0.1) is 4.47 Å². The Labute approximate surface area is 136 Å². The van der Waals surface area contributed by atoms with Gasteiger partial charge in [-0.25, -0.2) is 0 Å². The van der Waals surface area contributed by atoms with Crippen molar-refractivity contribution >= 4 is 31.9 Å². The SMILES string of the molecule is CCNCc1ccc(OCc2cncc(Br)c2)c(Br)c1. The number of rotatable bonds is 6. The number of benzene rings is 1. The molecule has 106 valence electrons. The summed E-state index contributed by atoms with van der Waals surface area (Å²) in [6.45, 7) is 4.42. The lowest BCUT2D eigenvalue weighted by atomic mass is 10.2. The van der Waals surface area contributed by atoms with Crippen LogP contribution in [0, 0.1) is 0 Å². The van der Waals surface area contributed by atoms with E-state index >= 15 is 0 Å². The summed E-state index contributed by atoms with van der Waals surface area (Å²) in [6.07, 6.45) is 3.56. The lowest BCUT2D eigenvalue weighted by molar-refractivity contribution is 0.303. The van der Waals surface area contributed by atoms with Crippen LogP contribution in [-0.4, -0.2) is 11.5 Å². The average Bonchev–Trinajstić information content (AvgIpc) is 2.44. The van der Waals surface area contributed by atoms with Crippen molar-refractivity contribution in [2.45, 2.75) is 20.1 Å². The molecule has 0 radical (unpaired) electrons. The molecule has 0 fully saturated rings. The second kappa shape index (κ2) is 7.76. The van der Waals surface area contributed by atoms with Crippen molar-refractivity contribution in [2.75, 3.05) is 6.54 Å². The molecular weight excluding hydrogens is 384 g/mol. The zero-order valence-electron chi connectivity index (χ0n) is 11.2. The third-order valence-electron chi connectivity index (χ3n) is 2.73. The maximum Gasteiger partial charge on any atom is 0.134 e. The van der Waals surface area contributed by atoms with Crippen molar-refractivity contribution in [3.8, 4) is 5.75 Å². The van der Waals surface area contributed by atoms with Crippen molar-refractivity contribution in [1.82, 2.24) is 10.3 Å². The molecule has 0 aliphatic heterocycles. The summed E-state index contributed by atoms with van der Waals surface area (Å²) in [4.78, 5) is 4.12. The van der Waals surface area contributed by atoms with E-state index in [-0.39, 0.29) is 0 Å². The normalized spacial score (nSPS) is 10.6. The fraction of sp³-hybridized carbons (Fsp3) is 0.267. The van der Waals surface area contributed by atoms with Crippen LogP contribution in [-0.2, 0) is 13.2 Å². The van der Waals surface area contributed by atoms with Gasteiger partial charge in [-0.15, -0.1) is 0 Å². The van der Waals surface area contributed by atoms with Gasteiger partial charge in [-0.2, -0.15) is 0 Å². The summed E-state index contributed by atoms with van der Waals surface area (Å²) in [5.74, 6) is 0.838. The first kappa shape index (κ1) is 15.5. The van der Waals surface area contributed by atoms with Crippen LogP contribution in [0.2, 0.25) is 0 Å². The van der Waals surface area contributed by atoms with Gasteiger partial charge in [-0.1, -0.05) is 13.0 Å². The van der Waals surface area contributed by atoms with Crippen LogP contribution in [0.25, 0.3) is 0 Å². The monoisotopic (exact) mass is 398 g/mol. The van der Waals surface area contributed by atoms with Crippen molar-refractivity contribution in [3.63, 3.8) is 0 Å². The third-order valence-corrected chi connectivity index (χ3v) is 3.78. The lowest BCUT2D eigenvalue weighted by Crippen LogP contribution is -2.11. The molecule has 0 unspecified atom stereocenters. The number of hydrogen-bond acceptors (Lipinski definition) is 3. The summed E-state index contributed by atoms with van der Waals surface area (Å²) in [6, 6.07) is 8.14. The summed E-state index contributed by atoms with van der Waals surface area (Å²) in [5.41, 5.74) is 2.26. The highest BCUT2D eigenvalue weighted by Gasteiger charge is 2.04. The Hall–Kier alpha value is -0.910. The minimum Gasteiger partial charge on any atom is -0.488 e. The highest BCUT2D eigenvalue weighted by Crippen LogP contribution is 2.27. The second-order valence-electron chi connectivity index (χ2n) is 4.35. The number of nitrogens with zero attached hydrogens (tertiary/aromatic N) is 1. The summed E-state index contributed by atoms with van der Waals surface area (Å²) in [5, 5.41) is 3.30. The van der Waals surface area contributed by atoms with Crippen LogP contribution in [0.5, 0.6) is 5.75 Å². The summed E-state index contributed by atoms with van der Waals surface area (Å²) < 4.78 is 7.73. The lowest BCUT2D eigenvalue weighted by Gasteiger charge is -2.10. The van der Waals surface area contributed by atoms with E-state index < -0.39 is 0 Å². The van der Waals surface area contributed by atoms with Crippen molar-refractivity contribution < 1.29 is 4.74 Å². The van der Waals surface area contributed by atoms with Gasteiger partial charge >= 0.3 is 0 Å². The van der Waals surface area contributed by atoms with Crippen molar-refractivity contribution in [1.29, 1.82) is 0 Å². The molecule has 1 aromatic carbocycles. The highest BCUT2D eigenvalue weighted by atomic mass is 79.9. The topological polar surface area (TPSA) is 34.1 Å². The molecule has 0 aliphatic carbocycles. The molecule has 3 nitrogen and oxygen atoms in total. The van der Waals surface area contributed by atoms with E-state index in [1.807, 2.05) is 12.1 Å². The minimum atomic E-state index is 0.498. The van der Waals surface area contributed by atoms with Gasteiger partial charge in [0, 0.05) is 29.0 Å². The van der Waals surface area contributed by atoms with Crippen LogP contribution in [0.15, 0.2) is 45.6 Å². The molecular formula is C15H16Br2N2O. The summed E-state index contributed by atoms with van der Waals surface area (Å²) >= 11 is 6.95. The number of aromatic nitrogens is 1. The van der Waals surface area contributed by atoms with E-state index in [0.29, 0.717) is 6.61 Å². The standard InChI is InChI=1S/C15H16Br2N2O/c1-2-18-7-11-3-4-15(14(17)6-11)20-10-12-5-13(16)9-19-8-12/h3-6,8-9,18H,2,7,10H2,1H3. The predicted molar refractivity (Wildman–Crippen MR) is 87.8 cm³/mol. The maximum atomic E-state index is 5.81. The zero-order valence-corrected chi connectivity index (χ0v) is 14.4. The van der Waals surface area contributed by atoms with E-state index in [0.717, 1.165) is 33.3 Å². The van der Waals surface area contributed by atoms with Crippen LogP contribution in [0.4, 0.5) is 0 Å². The number of nitrogens with one attached hydrogen (secondary N) is 1. The van der Waals surface area contributed by atoms with E-state index in [2.05, 4.69) is 61.2 Å². The zero-order chi connectivity index (χ0) is 14.4. The Bertz CT molecular complexity index is 576. The Balaban J connectivity index is 1.99. The first-order chi connectivity index (χ1) is 9.69. The van der Waals surface area contributed by atoms with Crippen molar-refractivity contribution in [3.05, 3.63) is 56.7 Å². The molecule has 0 atom stereocenters. The largest absolute Gasteiger partial charge is 0.488 e. The van der Waals surface area contributed by atoms with Gasteiger partial charge in [-0.3, -0.25) is 4.98 Å². The summed E-state index contributed by atoms with van der Waals surface area (Å²) in [7, 11) is 0. The molecule has 1 aromatic heterocycles. The molecule has 0 spiro atoms. The molecule has 2 rings (SSSR count). The molecule has 5 heteroatoms. The van der Waals surface area contributed by atoms with E-state index in [1.54, 1.807) is 12.4 Å². The molecule has 0 saturated carbocycles. The van der Waals surface area contributed by atoms with Gasteiger partial charge in [-0.05, 0) is 62.2 Å². The molecule has 2 aromatic rings. The molecule has 0 bridgehead atoms. The predicted octanol–water partition coefficient (Wildman–Crippen LogP) is 4.30. The molecule has 0 saturated heterocycles. The van der Waals surface area contributed by atoms with Gasteiger partial charge in [0.2, 0.25) is 0 Å². The fourth-order valence-electron chi connectivity index (χ4n) is 1.74. The molecule has 20 heavy (non-hydrogen) atoms. The van der Waals surface area contributed by atoms with Crippen LogP contribution in [0.3, 0.4) is 0 Å². The Morgan fingerprint density at radius 3 is 2.70 bits per heavy atom. The quantitative estimate of drug-likeness (QED) is 0.786. The first-order valence-corrected chi connectivity index (χ1v) is 7.99. The molecule has 0 amide bonds. The van der Waals surface area contributed by atoms with Crippen LogP contribution in [0.1, 0.15) is 18.1 Å². The number of hydrogen-bond donors (Lipinski definition) is 1.